The fourth-order valence-electron chi connectivity index (χ4n) is 3.43. The highest BCUT2D eigenvalue weighted by molar-refractivity contribution is 6.35. The number of hydrogen-bond acceptors (Lipinski definition) is 4. The average molecular weight is 499 g/mol. The zero-order chi connectivity index (χ0) is 23.4. The van der Waals surface area contributed by atoms with E-state index in [9.17, 15) is 9.59 Å². The van der Waals surface area contributed by atoms with Crippen LogP contribution in [0.3, 0.4) is 0 Å². The molecule has 1 heterocycles. The third kappa shape index (κ3) is 6.00. The quantitative estimate of drug-likeness (QED) is 0.583. The van der Waals surface area contributed by atoms with Gasteiger partial charge >= 0.3 is 0 Å². The minimum absolute atomic E-state index is 0.00452. The minimum Gasteiger partial charge on any atom is -0.479 e. The molecule has 0 spiro atoms. The number of halogens is 3. The molecule has 2 aromatic carbocycles. The number of rotatable bonds is 6. The third-order valence-corrected chi connectivity index (χ3v) is 6.04. The number of benzene rings is 2. The first-order valence-electron chi connectivity index (χ1n) is 10.4. The highest BCUT2D eigenvalue weighted by Crippen LogP contribution is 2.31. The van der Waals surface area contributed by atoms with E-state index in [1.807, 2.05) is 24.8 Å². The van der Waals surface area contributed by atoms with Crippen molar-refractivity contribution in [1.82, 2.24) is 4.90 Å². The van der Waals surface area contributed by atoms with Crippen LogP contribution in [-0.2, 0) is 9.59 Å². The van der Waals surface area contributed by atoms with E-state index in [-0.39, 0.29) is 17.7 Å². The smallest absolute Gasteiger partial charge is 0.265 e. The molecule has 1 fully saturated rings. The van der Waals surface area contributed by atoms with E-state index in [0.717, 1.165) is 5.69 Å². The van der Waals surface area contributed by atoms with Crippen LogP contribution in [0.2, 0.25) is 15.1 Å². The predicted octanol–water partition coefficient (Wildman–Crippen LogP) is 5.36. The Kier molecular flexibility index (Phi) is 8.15. The van der Waals surface area contributed by atoms with Crippen LogP contribution in [0.5, 0.6) is 5.75 Å². The van der Waals surface area contributed by atoms with Crippen LogP contribution < -0.4 is 15.0 Å². The number of anilines is 2. The van der Waals surface area contributed by atoms with E-state index in [4.69, 9.17) is 39.5 Å². The van der Waals surface area contributed by atoms with Gasteiger partial charge in [-0.25, -0.2) is 0 Å². The van der Waals surface area contributed by atoms with E-state index < -0.39 is 6.10 Å². The Labute approximate surface area is 203 Å². The molecular weight excluding hydrogens is 473 g/mol. The van der Waals surface area contributed by atoms with Gasteiger partial charge in [-0.05, 0) is 43.3 Å². The molecule has 9 heteroatoms. The number of piperazine rings is 1. The standard InChI is InChI=1S/C23H26Cl3N3O3/c1-14(2)23(31)29-10-8-28(9-11-29)20-6-5-17(13-18(20)25)27-22(30)15(3)32-21-7-4-16(24)12-19(21)26/h4-7,12-15H,8-11H2,1-3H3,(H,27,30). The molecule has 6 nitrogen and oxygen atoms in total. The van der Waals surface area contributed by atoms with Gasteiger partial charge in [0, 0.05) is 42.8 Å². The molecule has 1 atom stereocenters. The van der Waals surface area contributed by atoms with Crippen LogP contribution in [0.25, 0.3) is 0 Å². The maximum atomic E-state index is 12.6. The van der Waals surface area contributed by atoms with Gasteiger partial charge in [0.15, 0.2) is 6.10 Å². The Balaban J connectivity index is 1.59. The van der Waals surface area contributed by atoms with Crippen LogP contribution in [0.15, 0.2) is 36.4 Å². The molecule has 0 aromatic heterocycles. The first-order chi connectivity index (χ1) is 15.2. The van der Waals surface area contributed by atoms with Crippen molar-refractivity contribution in [2.75, 3.05) is 36.4 Å². The zero-order valence-corrected chi connectivity index (χ0v) is 20.5. The number of nitrogens with zero attached hydrogens (tertiary/aromatic N) is 2. The Hall–Kier alpha value is -2.15. The van der Waals surface area contributed by atoms with Crippen molar-refractivity contribution < 1.29 is 14.3 Å². The highest BCUT2D eigenvalue weighted by atomic mass is 35.5. The summed E-state index contributed by atoms with van der Waals surface area (Å²) in [6.45, 7) is 8.19. The molecule has 1 N–H and O–H groups in total. The second-order valence-electron chi connectivity index (χ2n) is 7.96. The maximum absolute atomic E-state index is 12.6. The minimum atomic E-state index is -0.779. The molecule has 2 amide bonds. The van der Waals surface area contributed by atoms with Gasteiger partial charge in [0.05, 0.1) is 15.7 Å². The predicted molar refractivity (Wildman–Crippen MR) is 130 cm³/mol. The fourth-order valence-corrected chi connectivity index (χ4v) is 4.19. The number of hydrogen-bond donors (Lipinski definition) is 1. The van der Waals surface area contributed by atoms with E-state index in [0.29, 0.717) is 52.7 Å². The van der Waals surface area contributed by atoms with Crippen molar-refractivity contribution in [3.8, 4) is 5.75 Å². The molecule has 0 aliphatic carbocycles. The molecule has 32 heavy (non-hydrogen) atoms. The van der Waals surface area contributed by atoms with Gasteiger partial charge in [-0.3, -0.25) is 9.59 Å². The summed E-state index contributed by atoms with van der Waals surface area (Å²) >= 11 is 18.5. The van der Waals surface area contributed by atoms with Crippen molar-refractivity contribution in [1.29, 1.82) is 0 Å². The second-order valence-corrected chi connectivity index (χ2v) is 9.21. The second kappa shape index (κ2) is 10.6. The largest absolute Gasteiger partial charge is 0.479 e. The molecule has 1 aliphatic heterocycles. The number of carbonyl (C=O) groups excluding carboxylic acids is 2. The SMILES string of the molecule is CC(C)C(=O)N1CCN(c2ccc(NC(=O)C(C)Oc3ccc(Cl)cc3Cl)cc2Cl)CC1. The van der Waals surface area contributed by atoms with E-state index in [2.05, 4.69) is 10.2 Å². The van der Waals surface area contributed by atoms with Crippen LogP contribution in [-0.4, -0.2) is 49.0 Å². The Morgan fingerprint density at radius 3 is 2.22 bits per heavy atom. The molecule has 172 valence electrons. The Morgan fingerprint density at radius 2 is 1.62 bits per heavy atom. The van der Waals surface area contributed by atoms with Crippen LogP contribution in [0, 0.1) is 5.92 Å². The molecule has 3 rings (SSSR count). The summed E-state index contributed by atoms with van der Waals surface area (Å²) in [7, 11) is 0. The molecule has 1 unspecified atom stereocenters. The lowest BCUT2D eigenvalue weighted by Crippen LogP contribution is -2.50. The van der Waals surface area contributed by atoms with Crippen molar-refractivity contribution in [2.45, 2.75) is 26.9 Å². The molecule has 0 radical (unpaired) electrons. The van der Waals surface area contributed by atoms with Crippen molar-refractivity contribution in [3.63, 3.8) is 0 Å². The van der Waals surface area contributed by atoms with Crippen LogP contribution >= 0.6 is 34.8 Å². The molecular formula is C23H26Cl3N3O3. The first-order valence-corrected chi connectivity index (χ1v) is 11.5. The van der Waals surface area contributed by atoms with Crippen molar-refractivity contribution in [3.05, 3.63) is 51.5 Å². The molecule has 2 aromatic rings. The molecule has 1 aliphatic rings. The van der Waals surface area contributed by atoms with E-state index >= 15 is 0 Å². The van der Waals surface area contributed by atoms with Gasteiger partial charge in [-0.2, -0.15) is 0 Å². The molecule has 0 saturated carbocycles. The fraction of sp³-hybridized carbons (Fsp3) is 0.391. The van der Waals surface area contributed by atoms with Crippen LogP contribution in [0.4, 0.5) is 11.4 Å². The van der Waals surface area contributed by atoms with Crippen molar-refractivity contribution >= 4 is 58.0 Å². The summed E-state index contributed by atoms with van der Waals surface area (Å²) in [6.07, 6.45) is -0.779. The van der Waals surface area contributed by atoms with Gasteiger partial charge in [-0.15, -0.1) is 0 Å². The van der Waals surface area contributed by atoms with E-state index in [1.54, 1.807) is 37.3 Å². The number of ether oxygens (including phenoxy) is 1. The number of amides is 2. The van der Waals surface area contributed by atoms with Gasteiger partial charge in [0.2, 0.25) is 5.91 Å². The summed E-state index contributed by atoms with van der Waals surface area (Å²) in [5, 5.41) is 4.16. The first kappa shape index (κ1) is 24.5. The lowest BCUT2D eigenvalue weighted by Gasteiger charge is -2.37. The van der Waals surface area contributed by atoms with E-state index in [1.165, 1.54) is 0 Å². The summed E-state index contributed by atoms with van der Waals surface area (Å²) in [5.74, 6) is 0.211. The summed E-state index contributed by atoms with van der Waals surface area (Å²) in [4.78, 5) is 28.8. The average Bonchev–Trinajstić information content (AvgIpc) is 2.75. The lowest BCUT2D eigenvalue weighted by molar-refractivity contribution is -0.134. The molecule has 1 saturated heterocycles. The van der Waals surface area contributed by atoms with Gasteiger partial charge in [-0.1, -0.05) is 48.7 Å². The van der Waals surface area contributed by atoms with Crippen molar-refractivity contribution in [2.24, 2.45) is 5.92 Å². The van der Waals surface area contributed by atoms with Gasteiger partial charge < -0.3 is 19.9 Å². The highest BCUT2D eigenvalue weighted by Gasteiger charge is 2.24. The Morgan fingerprint density at radius 1 is 0.938 bits per heavy atom. The topological polar surface area (TPSA) is 61.9 Å². The summed E-state index contributed by atoms with van der Waals surface area (Å²) < 4.78 is 5.65. The lowest BCUT2D eigenvalue weighted by atomic mass is 10.1. The van der Waals surface area contributed by atoms with Crippen LogP contribution in [0.1, 0.15) is 20.8 Å². The summed E-state index contributed by atoms with van der Waals surface area (Å²) in [5.41, 5.74) is 1.44. The summed E-state index contributed by atoms with van der Waals surface area (Å²) in [6, 6.07) is 10.2. The zero-order valence-electron chi connectivity index (χ0n) is 18.2. The normalized spacial score (nSPS) is 15.0. The third-order valence-electron chi connectivity index (χ3n) is 5.21. The van der Waals surface area contributed by atoms with Gasteiger partial charge in [0.1, 0.15) is 5.75 Å². The number of carbonyl (C=O) groups is 2. The number of nitrogens with one attached hydrogen (secondary N) is 1. The monoisotopic (exact) mass is 497 g/mol. The Bertz CT molecular complexity index is 992. The van der Waals surface area contributed by atoms with Gasteiger partial charge in [0.25, 0.3) is 5.91 Å². The maximum Gasteiger partial charge on any atom is 0.265 e. The molecule has 0 bridgehead atoms.